The molecule has 0 spiro atoms. The summed E-state index contributed by atoms with van der Waals surface area (Å²) in [7, 11) is 1.48. The fraction of sp³-hybridized carbons (Fsp3) is 0.304. The van der Waals surface area contributed by atoms with Crippen molar-refractivity contribution in [1.29, 1.82) is 0 Å². The zero-order chi connectivity index (χ0) is 21.5. The maximum atomic E-state index is 13.2. The van der Waals surface area contributed by atoms with E-state index in [0.717, 1.165) is 12.0 Å². The van der Waals surface area contributed by atoms with Gasteiger partial charge in [0.25, 0.3) is 5.91 Å². The first kappa shape index (κ1) is 19.8. The summed E-state index contributed by atoms with van der Waals surface area (Å²) >= 11 is 0. The molecule has 2 amide bonds. The fourth-order valence-electron chi connectivity index (χ4n) is 4.15. The van der Waals surface area contributed by atoms with Crippen molar-refractivity contribution in [2.24, 2.45) is 0 Å². The van der Waals surface area contributed by atoms with Crippen molar-refractivity contribution in [2.75, 3.05) is 18.6 Å². The number of fused-ring (bicyclic) bond motifs is 3. The third kappa shape index (κ3) is 2.89. The Kier molecular flexibility index (Phi) is 4.89. The zero-order valence-electron chi connectivity index (χ0n) is 16.9. The number of aryl methyl sites for hydroxylation is 1. The number of benzene rings is 2. The van der Waals surface area contributed by atoms with Gasteiger partial charge in [-0.15, -0.1) is 0 Å². The first-order valence-electron chi connectivity index (χ1n) is 9.89. The van der Waals surface area contributed by atoms with Gasteiger partial charge in [0, 0.05) is 25.5 Å². The molecule has 1 fully saturated rings. The number of ketones is 1. The Morgan fingerprint density at radius 1 is 1.07 bits per heavy atom. The van der Waals surface area contributed by atoms with Gasteiger partial charge in [0.15, 0.2) is 12.4 Å². The molecule has 1 saturated heterocycles. The maximum Gasteiger partial charge on any atom is 0.354 e. The number of Topliss-reactive ketones (excluding diaryl/α,β-unsaturated/α-hetero) is 1. The number of esters is 1. The van der Waals surface area contributed by atoms with Crippen LogP contribution in [-0.2, 0) is 20.7 Å². The number of nitrogens with zero attached hydrogens (tertiary/aromatic N) is 2. The normalized spacial score (nSPS) is 20.1. The molecule has 0 saturated carbocycles. The average molecular weight is 406 g/mol. The van der Waals surface area contributed by atoms with Gasteiger partial charge in [-0.25, -0.2) is 4.79 Å². The van der Waals surface area contributed by atoms with E-state index in [2.05, 4.69) is 0 Å². The highest BCUT2D eigenvalue weighted by Gasteiger charge is 2.60. The highest BCUT2D eigenvalue weighted by atomic mass is 16.5. The Morgan fingerprint density at radius 2 is 1.77 bits per heavy atom. The van der Waals surface area contributed by atoms with Gasteiger partial charge in [0.2, 0.25) is 11.6 Å². The van der Waals surface area contributed by atoms with E-state index in [1.807, 2.05) is 19.1 Å². The molecular formula is C23H22N2O5. The molecule has 7 nitrogen and oxygen atoms in total. The molecule has 2 aliphatic heterocycles. The molecule has 2 aromatic rings. The Bertz CT molecular complexity index is 1050. The fourth-order valence-corrected chi connectivity index (χ4v) is 4.15. The summed E-state index contributed by atoms with van der Waals surface area (Å²) in [6.45, 7) is 1.56. The molecule has 4 rings (SSSR count). The molecule has 2 heterocycles. The lowest BCUT2D eigenvalue weighted by atomic mass is 9.97. The van der Waals surface area contributed by atoms with Gasteiger partial charge in [0.1, 0.15) is 0 Å². The van der Waals surface area contributed by atoms with Crippen molar-refractivity contribution in [1.82, 2.24) is 4.90 Å². The number of carbonyl (C=O) groups excluding carboxylic acids is 4. The SMILES string of the molecule is CCc1ccc(C(=O)COC(=O)[C@@]23CCC(=O)N2c2ccccc2C(=O)N3C)cc1. The number of anilines is 1. The molecule has 0 bridgehead atoms. The van der Waals surface area contributed by atoms with Crippen LogP contribution in [0, 0.1) is 0 Å². The van der Waals surface area contributed by atoms with Crippen molar-refractivity contribution in [3.63, 3.8) is 0 Å². The molecule has 30 heavy (non-hydrogen) atoms. The van der Waals surface area contributed by atoms with E-state index in [0.29, 0.717) is 16.8 Å². The van der Waals surface area contributed by atoms with E-state index in [9.17, 15) is 19.2 Å². The van der Waals surface area contributed by atoms with Crippen molar-refractivity contribution in [2.45, 2.75) is 31.8 Å². The van der Waals surface area contributed by atoms with Crippen LogP contribution in [0.4, 0.5) is 5.69 Å². The molecule has 0 radical (unpaired) electrons. The van der Waals surface area contributed by atoms with Gasteiger partial charge >= 0.3 is 5.97 Å². The minimum Gasteiger partial charge on any atom is -0.454 e. The Labute approximate surface area is 174 Å². The molecule has 0 aromatic heterocycles. The van der Waals surface area contributed by atoms with E-state index >= 15 is 0 Å². The minimum atomic E-state index is -1.57. The second-order valence-electron chi connectivity index (χ2n) is 7.48. The van der Waals surface area contributed by atoms with Crippen LogP contribution in [0.25, 0.3) is 0 Å². The molecule has 0 unspecified atom stereocenters. The second-order valence-corrected chi connectivity index (χ2v) is 7.48. The largest absolute Gasteiger partial charge is 0.454 e. The lowest BCUT2D eigenvalue weighted by molar-refractivity contribution is -0.155. The number of likely N-dealkylation sites (N-methyl/N-ethyl adjacent to an activating group) is 1. The van der Waals surface area contributed by atoms with Gasteiger partial charge in [-0.3, -0.25) is 19.3 Å². The van der Waals surface area contributed by atoms with Crippen LogP contribution in [0.3, 0.4) is 0 Å². The lowest BCUT2D eigenvalue weighted by Gasteiger charge is -2.46. The van der Waals surface area contributed by atoms with Gasteiger partial charge < -0.3 is 9.64 Å². The molecule has 0 aliphatic carbocycles. The van der Waals surface area contributed by atoms with E-state index in [-0.39, 0.29) is 30.4 Å². The zero-order valence-corrected chi connectivity index (χ0v) is 16.9. The Balaban J connectivity index is 1.60. The molecule has 0 N–H and O–H groups in total. The molecule has 2 aromatic carbocycles. The Morgan fingerprint density at radius 3 is 2.47 bits per heavy atom. The lowest BCUT2D eigenvalue weighted by Crippen LogP contribution is -2.67. The summed E-state index contributed by atoms with van der Waals surface area (Å²) in [6, 6.07) is 13.8. The predicted molar refractivity (Wildman–Crippen MR) is 109 cm³/mol. The quantitative estimate of drug-likeness (QED) is 0.563. The van der Waals surface area contributed by atoms with Crippen molar-refractivity contribution >= 4 is 29.3 Å². The molecular weight excluding hydrogens is 384 g/mol. The van der Waals surface area contributed by atoms with E-state index in [1.54, 1.807) is 36.4 Å². The van der Waals surface area contributed by atoms with Crippen LogP contribution in [-0.4, -0.2) is 47.8 Å². The number of hydrogen-bond acceptors (Lipinski definition) is 5. The average Bonchev–Trinajstić information content (AvgIpc) is 3.14. The molecule has 2 aliphatic rings. The number of ether oxygens (including phenoxy) is 1. The van der Waals surface area contributed by atoms with Gasteiger partial charge in [0.05, 0.1) is 11.3 Å². The van der Waals surface area contributed by atoms with Crippen LogP contribution >= 0.6 is 0 Å². The third-order valence-electron chi connectivity index (χ3n) is 5.89. The molecule has 7 heteroatoms. The van der Waals surface area contributed by atoms with Crippen LogP contribution in [0.1, 0.15) is 46.0 Å². The van der Waals surface area contributed by atoms with E-state index < -0.39 is 18.2 Å². The summed E-state index contributed by atoms with van der Waals surface area (Å²) in [4.78, 5) is 53.8. The third-order valence-corrected chi connectivity index (χ3v) is 5.89. The van der Waals surface area contributed by atoms with E-state index in [1.165, 1.54) is 16.8 Å². The van der Waals surface area contributed by atoms with Gasteiger partial charge in [-0.2, -0.15) is 0 Å². The van der Waals surface area contributed by atoms with Crippen molar-refractivity contribution in [3.05, 3.63) is 65.2 Å². The molecule has 154 valence electrons. The number of para-hydroxylation sites is 1. The van der Waals surface area contributed by atoms with Gasteiger partial charge in [-0.05, 0) is 24.1 Å². The minimum absolute atomic E-state index is 0.105. The van der Waals surface area contributed by atoms with Crippen LogP contribution in [0.2, 0.25) is 0 Å². The van der Waals surface area contributed by atoms with Crippen LogP contribution in [0.5, 0.6) is 0 Å². The number of hydrogen-bond donors (Lipinski definition) is 0. The smallest absolute Gasteiger partial charge is 0.354 e. The maximum absolute atomic E-state index is 13.2. The Hall–Kier alpha value is -3.48. The summed E-state index contributed by atoms with van der Waals surface area (Å²) in [5.74, 6) is -1.75. The van der Waals surface area contributed by atoms with Crippen LogP contribution in [0.15, 0.2) is 48.5 Å². The standard InChI is InChI=1S/C23H22N2O5/c1-3-15-8-10-16(11-9-15)19(26)14-30-22(29)23-13-12-20(27)25(23)18-7-5-4-6-17(18)21(28)24(23)2/h4-11H,3,12-14H2,1-2H3/t23-/m1/s1. The van der Waals surface area contributed by atoms with Crippen molar-refractivity contribution < 1.29 is 23.9 Å². The topological polar surface area (TPSA) is 84.0 Å². The highest BCUT2D eigenvalue weighted by molar-refractivity contribution is 6.15. The summed E-state index contributed by atoms with van der Waals surface area (Å²) < 4.78 is 5.36. The molecule has 1 atom stereocenters. The number of amides is 2. The first-order chi connectivity index (χ1) is 14.4. The van der Waals surface area contributed by atoms with Crippen molar-refractivity contribution in [3.8, 4) is 0 Å². The second kappa shape index (κ2) is 7.40. The van der Waals surface area contributed by atoms with E-state index in [4.69, 9.17) is 4.74 Å². The number of rotatable bonds is 5. The van der Waals surface area contributed by atoms with Crippen LogP contribution < -0.4 is 4.90 Å². The summed E-state index contributed by atoms with van der Waals surface area (Å²) in [6.07, 6.45) is 1.08. The number of carbonyl (C=O) groups is 4. The predicted octanol–water partition coefficient (Wildman–Crippen LogP) is 2.58. The highest BCUT2D eigenvalue weighted by Crippen LogP contribution is 2.44. The monoisotopic (exact) mass is 406 g/mol. The van der Waals surface area contributed by atoms with Gasteiger partial charge in [-0.1, -0.05) is 43.3 Å². The first-order valence-corrected chi connectivity index (χ1v) is 9.89. The summed E-state index contributed by atoms with van der Waals surface area (Å²) in [5.41, 5.74) is 0.709. The summed E-state index contributed by atoms with van der Waals surface area (Å²) in [5, 5.41) is 0.